The van der Waals surface area contributed by atoms with Crippen LogP contribution >= 0.6 is 0 Å². The number of nitrogens with two attached hydrogens (primary N) is 1. The van der Waals surface area contributed by atoms with Crippen molar-refractivity contribution >= 4 is 5.91 Å². The van der Waals surface area contributed by atoms with E-state index in [0.717, 1.165) is 18.6 Å². The van der Waals surface area contributed by atoms with Gasteiger partial charge in [-0.2, -0.15) is 0 Å². The van der Waals surface area contributed by atoms with Crippen LogP contribution in [0.5, 0.6) is 5.75 Å². The summed E-state index contributed by atoms with van der Waals surface area (Å²) >= 11 is 0. The highest BCUT2D eigenvalue weighted by atomic mass is 16.5. The van der Waals surface area contributed by atoms with Crippen LogP contribution in [0.1, 0.15) is 49.9 Å². The van der Waals surface area contributed by atoms with Gasteiger partial charge in [0.1, 0.15) is 5.75 Å². The third-order valence-electron chi connectivity index (χ3n) is 3.66. The molecule has 0 aliphatic heterocycles. The molecule has 0 atom stereocenters. The van der Waals surface area contributed by atoms with E-state index in [1.807, 2.05) is 26.0 Å². The molecule has 1 amide bonds. The van der Waals surface area contributed by atoms with E-state index in [9.17, 15) is 4.79 Å². The zero-order chi connectivity index (χ0) is 14.6. The first-order valence-electron chi connectivity index (χ1n) is 7.29. The first-order valence-corrected chi connectivity index (χ1v) is 7.29. The van der Waals surface area contributed by atoms with Crippen LogP contribution in [0.4, 0.5) is 0 Å². The minimum atomic E-state index is -0.403. The Morgan fingerprint density at radius 1 is 1.40 bits per heavy atom. The van der Waals surface area contributed by atoms with Crippen LogP contribution in [-0.4, -0.2) is 24.1 Å². The summed E-state index contributed by atoms with van der Waals surface area (Å²) in [6.07, 6.45) is 4.98. The van der Waals surface area contributed by atoms with Gasteiger partial charge in [-0.25, -0.2) is 0 Å². The number of ether oxygens (including phenoxy) is 1. The Kier molecular flexibility index (Phi) is 4.65. The summed E-state index contributed by atoms with van der Waals surface area (Å²) in [5, 5.41) is 2.92. The van der Waals surface area contributed by atoms with E-state index in [1.54, 1.807) is 12.1 Å². The predicted molar refractivity (Wildman–Crippen MR) is 79.9 cm³/mol. The second-order valence-corrected chi connectivity index (χ2v) is 6.09. The van der Waals surface area contributed by atoms with E-state index < -0.39 is 5.54 Å². The zero-order valence-electron chi connectivity index (χ0n) is 12.3. The van der Waals surface area contributed by atoms with Crippen LogP contribution in [-0.2, 0) is 0 Å². The van der Waals surface area contributed by atoms with E-state index in [4.69, 9.17) is 10.5 Å². The Balaban J connectivity index is 2.03. The molecule has 110 valence electrons. The Morgan fingerprint density at radius 2 is 2.10 bits per heavy atom. The molecule has 2 rings (SSSR count). The number of carbonyl (C=O) groups is 1. The average Bonchev–Trinajstić information content (AvgIpc) is 2.91. The Labute approximate surface area is 120 Å². The molecule has 1 aliphatic carbocycles. The summed E-state index contributed by atoms with van der Waals surface area (Å²) in [7, 11) is 0. The Hall–Kier alpha value is -1.55. The minimum absolute atomic E-state index is 0.114. The molecule has 4 heteroatoms. The van der Waals surface area contributed by atoms with Crippen molar-refractivity contribution in [1.29, 1.82) is 0 Å². The number of carbonyl (C=O) groups excluding carboxylic acids is 1. The fourth-order valence-corrected chi connectivity index (χ4v) is 2.34. The fraction of sp³-hybridized carbons (Fsp3) is 0.562. The maximum Gasteiger partial charge on any atom is 0.251 e. The monoisotopic (exact) mass is 276 g/mol. The van der Waals surface area contributed by atoms with Gasteiger partial charge in [-0.1, -0.05) is 6.07 Å². The third kappa shape index (κ3) is 3.97. The van der Waals surface area contributed by atoms with Crippen molar-refractivity contribution in [3.63, 3.8) is 0 Å². The maximum atomic E-state index is 12.2. The predicted octanol–water partition coefficient (Wildman–Crippen LogP) is 2.48. The molecule has 1 aromatic carbocycles. The van der Waals surface area contributed by atoms with Gasteiger partial charge in [0.05, 0.1) is 6.10 Å². The van der Waals surface area contributed by atoms with E-state index in [-0.39, 0.29) is 5.91 Å². The lowest BCUT2D eigenvalue weighted by Gasteiger charge is -2.24. The van der Waals surface area contributed by atoms with Crippen molar-refractivity contribution in [2.45, 2.75) is 51.2 Å². The quantitative estimate of drug-likeness (QED) is 0.868. The summed E-state index contributed by atoms with van der Waals surface area (Å²) in [5.41, 5.74) is 5.84. The van der Waals surface area contributed by atoms with E-state index >= 15 is 0 Å². The summed E-state index contributed by atoms with van der Waals surface area (Å²) in [6.45, 7) is 4.21. The van der Waals surface area contributed by atoms with Gasteiger partial charge in [-0.3, -0.25) is 4.79 Å². The van der Waals surface area contributed by atoms with E-state index in [2.05, 4.69) is 5.32 Å². The second-order valence-electron chi connectivity index (χ2n) is 6.09. The lowest BCUT2D eigenvalue weighted by Crippen LogP contribution is -2.48. The molecule has 0 saturated heterocycles. The summed E-state index contributed by atoms with van der Waals surface area (Å²) in [6, 6.07) is 7.36. The molecule has 0 unspecified atom stereocenters. The van der Waals surface area contributed by atoms with Crippen LogP contribution in [0.15, 0.2) is 24.3 Å². The van der Waals surface area contributed by atoms with Gasteiger partial charge in [-0.05, 0) is 57.7 Å². The maximum absolute atomic E-state index is 12.2. The van der Waals surface area contributed by atoms with Crippen LogP contribution < -0.4 is 15.8 Å². The summed E-state index contributed by atoms with van der Waals surface area (Å²) in [5.74, 6) is 0.660. The molecule has 4 nitrogen and oxygen atoms in total. The SMILES string of the molecule is CC(C)(CN)NC(=O)c1cccc(OC2CCCC2)c1. The van der Waals surface area contributed by atoms with Gasteiger partial charge < -0.3 is 15.8 Å². The molecule has 1 fully saturated rings. The number of benzene rings is 1. The van der Waals surface area contributed by atoms with Crippen molar-refractivity contribution in [2.75, 3.05) is 6.54 Å². The fourth-order valence-electron chi connectivity index (χ4n) is 2.34. The van der Waals surface area contributed by atoms with Gasteiger partial charge in [0.15, 0.2) is 0 Å². The smallest absolute Gasteiger partial charge is 0.251 e. The topological polar surface area (TPSA) is 64.3 Å². The molecule has 1 saturated carbocycles. The van der Waals surface area contributed by atoms with Gasteiger partial charge in [0.25, 0.3) is 5.91 Å². The minimum Gasteiger partial charge on any atom is -0.490 e. The molecular weight excluding hydrogens is 252 g/mol. The van der Waals surface area contributed by atoms with Gasteiger partial charge >= 0.3 is 0 Å². The van der Waals surface area contributed by atoms with Crippen molar-refractivity contribution in [2.24, 2.45) is 5.73 Å². The van der Waals surface area contributed by atoms with Crippen molar-refractivity contribution < 1.29 is 9.53 Å². The zero-order valence-corrected chi connectivity index (χ0v) is 12.3. The molecule has 0 radical (unpaired) electrons. The van der Waals surface area contributed by atoms with Crippen molar-refractivity contribution in [3.05, 3.63) is 29.8 Å². The number of rotatable bonds is 5. The largest absolute Gasteiger partial charge is 0.490 e. The van der Waals surface area contributed by atoms with Gasteiger partial charge in [-0.15, -0.1) is 0 Å². The highest BCUT2D eigenvalue weighted by Crippen LogP contribution is 2.24. The van der Waals surface area contributed by atoms with E-state index in [0.29, 0.717) is 18.2 Å². The van der Waals surface area contributed by atoms with Crippen molar-refractivity contribution in [3.8, 4) is 5.75 Å². The number of hydrogen-bond donors (Lipinski definition) is 2. The highest BCUT2D eigenvalue weighted by Gasteiger charge is 2.20. The highest BCUT2D eigenvalue weighted by molar-refractivity contribution is 5.95. The first-order chi connectivity index (χ1) is 9.50. The van der Waals surface area contributed by atoms with Crippen LogP contribution in [0.25, 0.3) is 0 Å². The summed E-state index contributed by atoms with van der Waals surface area (Å²) < 4.78 is 5.92. The van der Waals surface area contributed by atoms with Crippen molar-refractivity contribution in [1.82, 2.24) is 5.32 Å². The van der Waals surface area contributed by atoms with Crippen LogP contribution in [0.2, 0.25) is 0 Å². The van der Waals surface area contributed by atoms with E-state index in [1.165, 1.54) is 12.8 Å². The lowest BCUT2D eigenvalue weighted by molar-refractivity contribution is 0.0915. The number of nitrogens with one attached hydrogen (secondary N) is 1. The molecule has 0 heterocycles. The normalized spacial score (nSPS) is 16.1. The third-order valence-corrected chi connectivity index (χ3v) is 3.66. The molecule has 3 N–H and O–H groups in total. The Bertz CT molecular complexity index is 465. The molecule has 20 heavy (non-hydrogen) atoms. The van der Waals surface area contributed by atoms with Gasteiger partial charge in [0, 0.05) is 17.6 Å². The standard InChI is InChI=1S/C16H24N2O2/c1-16(2,11-17)18-15(19)12-6-5-9-14(10-12)20-13-7-3-4-8-13/h5-6,9-10,13H,3-4,7-8,11,17H2,1-2H3,(H,18,19). The molecule has 0 bridgehead atoms. The molecular formula is C16H24N2O2. The summed E-state index contributed by atoms with van der Waals surface area (Å²) in [4.78, 5) is 12.2. The molecule has 0 spiro atoms. The number of amides is 1. The Morgan fingerprint density at radius 3 is 2.75 bits per heavy atom. The van der Waals surface area contributed by atoms with Crippen LogP contribution in [0, 0.1) is 0 Å². The molecule has 0 aromatic heterocycles. The van der Waals surface area contributed by atoms with Gasteiger partial charge in [0.2, 0.25) is 0 Å². The average molecular weight is 276 g/mol. The molecule has 1 aromatic rings. The van der Waals surface area contributed by atoms with Crippen LogP contribution in [0.3, 0.4) is 0 Å². The second kappa shape index (κ2) is 6.27. The number of hydrogen-bond acceptors (Lipinski definition) is 3. The first kappa shape index (κ1) is 14.9. The lowest BCUT2D eigenvalue weighted by atomic mass is 10.1. The molecule has 1 aliphatic rings.